The van der Waals surface area contributed by atoms with Crippen molar-refractivity contribution in [2.75, 3.05) is 33.4 Å². The third-order valence-electron chi connectivity index (χ3n) is 7.98. The molecule has 2 aromatic heterocycles. The van der Waals surface area contributed by atoms with E-state index in [1.54, 1.807) is 7.11 Å². The van der Waals surface area contributed by atoms with Crippen LogP contribution in [0.25, 0.3) is 33.8 Å². The van der Waals surface area contributed by atoms with E-state index in [4.69, 9.17) is 32.9 Å². The molecular formula is C31H33Cl2N7O3. The quantitative estimate of drug-likeness (QED) is 0.242. The van der Waals surface area contributed by atoms with Gasteiger partial charge in [-0.25, -0.2) is 4.98 Å². The molecule has 4 heterocycles. The molecular weight excluding hydrogens is 589 g/mol. The molecule has 2 aliphatic rings. The van der Waals surface area contributed by atoms with Crippen molar-refractivity contribution in [1.29, 1.82) is 0 Å². The lowest BCUT2D eigenvalue weighted by Crippen LogP contribution is -2.35. The van der Waals surface area contributed by atoms with Crippen LogP contribution in [0.5, 0.6) is 5.88 Å². The third-order valence-corrected chi connectivity index (χ3v) is 8.79. The van der Waals surface area contributed by atoms with Gasteiger partial charge in [-0.2, -0.15) is 0 Å². The van der Waals surface area contributed by atoms with E-state index in [1.165, 1.54) is 0 Å². The summed E-state index contributed by atoms with van der Waals surface area (Å²) in [5, 5.41) is 25.6. The normalized spacial score (nSPS) is 16.7. The number of aromatic nitrogens is 4. The molecule has 0 radical (unpaired) electrons. The Balaban J connectivity index is 1.26. The van der Waals surface area contributed by atoms with Crippen LogP contribution in [0, 0.1) is 0 Å². The Kier molecular flexibility index (Phi) is 8.92. The monoisotopic (exact) mass is 621 g/mol. The maximum atomic E-state index is 11.5. The first kappa shape index (κ1) is 29.5. The number of ether oxygens (including phenoxy) is 1. The molecule has 12 heteroatoms. The number of carbonyl (C=O) groups excluding carboxylic acids is 1. The number of β-amino-alcohol motifs (C(OH)–C–C–N with tert-alkyl or cyclic N) is 1. The van der Waals surface area contributed by atoms with Crippen molar-refractivity contribution in [3.63, 3.8) is 0 Å². The topological polar surface area (TPSA) is 117 Å². The van der Waals surface area contributed by atoms with E-state index in [0.29, 0.717) is 66.6 Å². The molecule has 0 spiro atoms. The molecule has 3 N–H and O–H groups in total. The summed E-state index contributed by atoms with van der Waals surface area (Å²) >= 11 is 14.1. The highest BCUT2D eigenvalue weighted by Gasteiger charge is 2.24. The number of hydrogen-bond donors (Lipinski definition) is 3. The molecule has 10 nitrogen and oxygen atoms in total. The molecule has 1 amide bonds. The molecule has 1 fully saturated rings. The summed E-state index contributed by atoms with van der Waals surface area (Å²) in [6.07, 6.45) is 1.42. The maximum Gasteiger partial charge on any atom is 0.220 e. The number of carbonyl (C=O) groups is 1. The van der Waals surface area contributed by atoms with E-state index in [9.17, 15) is 9.90 Å². The molecule has 0 bridgehead atoms. The highest BCUT2D eigenvalue weighted by molar-refractivity contribution is 6.39. The smallest absolute Gasteiger partial charge is 0.220 e. The van der Waals surface area contributed by atoms with E-state index < -0.39 is 0 Å². The fourth-order valence-electron chi connectivity index (χ4n) is 5.73. The molecule has 1 atom stereocenters. The van der Waals surface area contributed by atoms with Gasteiger partial charge in [0.2, 0.25) is 11.8 Å². The SMILES string of the molecule is COc1nc(-c2cccc(-c3cccc(-c4nnc5n4CCN(CCO)C5)c3Cl)c2Cl)ccc1CNCC1CCC(=O)N1. The Morgan fingerprint density at radius 2 is 1.77 bits per heavy atom. The van der Waals surface area contributed by atoms with Gasteiger partial charge in [0.25, 0.3) is 0 Å². The molecule has 0 saturated carbocycles. The van der Waals surface area contributed by atoms with Crippen LogP contribution in [0.15, 0.2) is 48.5 Å². The third kappa shape index (κ3) is 6.11. The van der Waals surface area contributed by atoms with Crippen molar-refractivity contribution in [2.45, 2.75) is 38.5 Å². The average Bonchev–Trinajstić information content (AvgIpc) is 3.63. The zero-order valence-electron chi connectivity index (χ0n) is 23.8. The standard InChI is InChI=1S/C31H33Cl2N7O3/c1-43-31-19(16-34-17-20-9-11-27(42)35-20)8-10-25(36-31)23-6-2-4-21(28(23)32)22-5-3-7-24(29(22)33)30-38-37-26-18-39(14-15-41)12-13-40(26)30/h2-8,10,20,34,41H,9,11-18H2,1H3,(H,35,42). The highest BCUT2D eigenvalue weighted by atomic mass is 35.5. The molecule has 1 unspecified atom stereocenters. The number of amides is 1. The van der Waals surface area contributed by atoms with Crippen LogP contribution >= 0.6 is 23.2 Å². The second kappa shape index (κ2) is 13.0. The van der Waals surface area contributed by atoms with Gasteiger partial charge >= 0.3 is 0 Å². The van der Waals surface area contributed by atoms with Crippen molar-refractivity contribution < 1.29 is 14.6 Å². The minimum absolute atomic E-state index is 0.103. The summed E-state index contributed by atoms with van der Waals surface area (Å²) < 4.78 is 7.72. The van der Waals surface area contributed by atoms with Gasteiger partial charge in [-0.15, -0.1) is 10.2 Å². The van der Waals surface area contributed by atoms with Crippen LogP contribution in [-0.4, -0.2) is 75.1 Å². The van der Waals surface area contributed by atoms with E-state index in [1.807, 2.05) is 48.5 Å². The summed E-state index contributed by atoms with van der Waals surface area (Å²) in [5.41, 5.74) is 4.70. The van der Waals surface area contributed by atoms with Crippen LogP contribution in [0.3, 0.4) is 0 Å². The number of aliphatic hydroxyl groups is 1. The largest absolute Gasteiger partial charge is 0.481 e. The average molecular weight is 623 g/mol. The minimum atomic E-state index is 0.103. The lowest BCUT2D eigenvalue weighted by molar-refractivity contribution is -0.119. The van der Waals surface area contributed by atoms with Crippen molar-refractivity contribution >= 4 is 29.1 Å². The molecule has 224 valence electrons. The van der Waals surface area contributed by atoms with Gasteiger partial charge in [0, 0.05) is 73.0 Å². The zero-order valence-corrected chi connectivity index (χ0v) is 25.3. The van der Waals surface area contributed by atoms with Gasteiger partial charge in [0.05, 0.1) is 36.0 Å². The Morgan fingerprint density at radius 3 is 2.49 bits per heavy atom. The molecule has 1 saturated heterocycles. The van der Waals surface area contributed by atoms with Gasteiger partial charge in [-0.05, 0) is 18.6 Å². The van der Waals surface area contributed by atoms with Crippen LogP contribution in [0.4, 0.5) is 0 Å². The van der Waals surface area contributed by atoms with E-state index in [2.05, 4.69) is 30.3 Å². The Bertz CT molecular complexity index is 1640. The first-order chi connectivity index (χ1) is 21.0. The molecule has 2 aliphatic heterocycles. The molecule has 0 aliphatic carbocycles. The van der Waals surface area contributed by atoms with E-state index >= 15 is 0 Å². The number of rotatable bonds is 10. The molecule has 6 rings (SSSR count). The lowest BCUT2D eigenvalue weighted by Gasteiger charge is -2.27. The summed E-state index contributed by atoms with van der Waals surface area (Å²) in [6.45, 7) is 4.10. The number of benzene rings is 2. The number of halogens is 2. The van der Waals surface area contributed by atoms with Gasteiger partial charge in [0.1, 0.15) is 5.82 Å². The summed E-state index contributed by atoms with van der Waals surface area (Å²) in [6, 6.07) is 15.7. The van der Waals surface area contributed by atoms with Crippen LogP contribution in [-0.2, 0) is 24.4 Å². The lowest BCUT2D eigenvalue weighted by atomic mass is 9.98. The van der Waals surface area contributed by atoms with Crippen LogP contribution in [0.1, 0.15) is 24.2 Å². The van der Waals surface area contributed by atoms with E-state index in [0.717, 1.165) is 46.6 Å². The van der Waals surface area contributed by atoms with Crippen LogP contribution in [0.2, 0.25) is 10.0 Å². The van der Waals surface area contributed by atoms with Crippen molar-refractivity contribution in [2.24, 2.45) is 0 Å². The number of methoxy groups -OCH3 is 1. The number of aliphatic hydroxyl groups excluding tert-OH is 1. The number of fused-ring (bicyclic) bond motifs is 1. The first-order valence-corrected chi connectivity index (χ1v) is 15.1. The van der Waals surface area contributed by atoms with Crippen molar-refractivity contribution in [1.82, 2.24) is 35.3 Å². The van der Waals surface area contributed by atoms with Crippen molar-refractivity contribution in [3.8, 4) is 39.7 Å². The van der Waals surface area contributed by atoms with E-state index in [-0.39, 0.29) is 18.6 Å². The summed E-state index contributed by atoms with van der Waals surface area (Å²) in [4.78, 5) is 18.4. The Morgan fingerprint density at radius 1 is 1.02 bits per heavy atom. The van der Waals surface area contributed by atoms with Gasteiger partial charge in [-0.1, -0.05) is 59.6 Å². The predicted molar refractivity (Wildman–Crippen MR) is 166 cm³/mol. The fraction of sp³-hybridized carbons (Fsp3) is 0.355. The number of nitrogens with one attached hydrogen (secondary N) is 2. The molecule has 43 heavy (non-hydrogen) atoms. The highest BCUT2D eigenvalue weighted by Crippen LogP contribution is 2.42. The molecule has 4 aromatic rings. The number of hydrogen-bond acceptors (Lipinski definition) is 8. The Hall–Kier alpha value is -3.54. The number of pyridine rings is 1. The van der Waals surface area contributed by atoms with Crippen molar-refractivity contribution in [3.05, 3.63) is 70.0 Å². The summed E-state index contributed by atoms with van der Waals surface area (Å²) in [5.74, 6) is 2.17. The number of nitrogens with zero attached hydrogens (tertiary/aromatic N) is 5. The zero-order chi connectivity index (χ0) is 29.9. The minimum Gasteiger partial charge on any atom is -0.481 e. The first-order valence-electron chi connectivity index (χ1n) is 14.3. The van der Waals surface area contributed by atoms with Crippen LogP contribution < -0.4 is 15.4 Å². The Labute approximate surface area is 260 Å². The van der Waals surface area contributed by atoms with Gasteiger partial charge in [0.15, 0.2) is 5.82 Å². The van der Waals surface area contributed by atoms with Gasteiger partial charge in [-0.3, -0.25) is 9.69 Å². The molecule has 2 aromatic carbocycles. The predicted octanol–water partition coefficient (Wildman–Crippen LogP) is 4.17. The maximum absolute atomic E-state index is 11.5. The second-order valence-electron chi connectivity index (χ2n) is 10.7. The van der Waals surface area contributed by atoms with Gasteiger partial charge < -0.3 is 25.0 Å². The summed E-state index contributed by atoms with van der Waals surface area (Å²) in [7, 11) is 1.60. The fourth-order valence-corrected chi connectivity index (χ4v) is 6.37. The second-order valence-corrected chi connectivity index (χ2v) is 11.5.